The number of pyridine rings is 1. The van der Waals surface area contributed by atoms with Gasteiger partial charge in [0.1, 0.15) is 0 Å². The molecule has 0 aromatic carbocycles. The van der Waals surface area contributed by atoms with Crippen LogP contribution < -0.4 is 10.6 Å². The smallest absolute Gasteiger partial charge is 0.319 e. The minimum atomic E-state index is -0.181. The molecule has 142 valence electrons. The second kappa shape index (κ2) is 8.49. The number of carbonyl (C=O) groups excluding carboxylic acids is 1. The third kappa shape index (κ3) is 4.72. The van der Waals surface area contributed by atoms with Crippen LogP contribution in [-0.4, -0.2) is 51.9 Å². The topological polar surface area (TPSA) is 75.1 Å². The van der Waals surface area contributed by atoms with Crippen molar-refractivity contribution in [3.05, 3.63) is 18.0 Å². The number of unbranched alkanes of at least 4 members (excludes halogenated alkanes) is 1. The number of nitrogens with one attached hydrogen (secondary N) is 2. The maximum Gasteiger partial charge on any atom is 0.319 e. The molecule has 1 aliphatic heterocycles. The minimum Gasteiger partial charge on any atom is -0.338 e. The summed E-state index contributed by atoms with van der Waals surface area (Å²) in [6.45, 7) is 8.55. The van der Waals surface area contributed by atoms with Gasteiger partial charge < -0.3 is 15.5 Å². The fourth-order valence-electron chi connectivity index (χ4n) is 3.50. The lowest BCUT2D eigenvalue weighted by atomic mass is 9.99. The zero-order valence-electron chi connectivity index (χ0n) is 16.1. The van der Waals surface area contributed by atoms with Gasteiger partial charge in [-0.1, -0.05) is 6.92 Å². The Bertz CT molecular complexity index is 748. The number of likely N-dealkylation sites (tertiary alicyclic amines) is 1. The summed E-state index contributed by atoms with van der Waals surface area (Å²) >= 11 is 0. The Morgan fingerprint density at radius 1 is 1.31 bits per heavy atom. The van der Waals surface area contributed by atoms with Gasteiger partial charge in [-0.3, -0.25) is 4.68 Å². The van der Waals surface area contributed by atoms with Crippen molar-refractivity contribution in [3.8, 4) is 0 Å². The molecule has 2 aromatic heterocycles. The maximum absolute atomic E-state index is 12.1. The van der Waals surface area contributed by atoms with Crippen molar-refractivity contribution in [3.63, 3.8) is 0 Å². The third-order valence-electron chi connectivity index (χ3n) is 5.18. The number of aryl methyl sites for hydroxylation is 2. The van der Waals surface area contributed by atoms with Gasteiger partial charge in [-0.2, -0.15) is 5.10 Å². The molecule has 1 fully saturated rings. The normalized spacial score (nSPS) is 16.1. The highest BCUT2D eigenvalue weighted by atomic mass is 16.2. The fourth-order valence-corrected chi connectivity index (χ4v) is 3.50. The van der Waals surface area contributed by atoms with Gasteiger partial charge in [-0.05, 0) is 64.2 Å². The van der Waals surface area contributed by atoms with Crippen LogP contribution in [0.4, 0.5) is 10.5 Å². The molecule has 1 aliphatic rings. The summed E-state index contributed by atoms with van der Waals surface area (Å²) in [6, 6.07) is 1.74. The quantitative estimate of drug-likeness (QED) is 0.779. The highest BCUT2D eigenvalue weighted by Gasteiger charge is 2.14. The largest absolute Gasteiger partial charge is 0.338 e. The summed E-state index contributed by atoms with van der Waals surface area (Å²) in [5.41, 5.74) is 2.42. The summed E-state index contributed by atoms with van der Waals surface area (Å²) < 4.78 is 1.75. The third-order valence-corrected chi connectivity index (χ3v) is 5.18. The first-order valence-electron chi connectivity index (χ1n) is 9.59. The van der Waals surface area contributed by atoms with E-state index in [1.807, 2.05) is 20.0 Å². The first kappa shape index (κ1) is 18.6. The zero-order valence-corrected chi connectivity index (χ0v) is 16.1. The Hall–Kier alpha value is -2.15. The zero-order chi connectivity index (χ0) is 18.5. The molecular weight excluding hydrogens is 328 g/mol. The summed E-state index contributed by atoms with van der Waals surface area (Å²) in [6.07, 6.45) is 6.42. The molecule has 0 saturated carbocycles. The Morgan fingerprint density at radius 3 is 2.85 bits per heavy atom. The number of aromatic nitrogens is 3. The lowest BCUT2D eigenvalue weighted by molar-refractivity contribution is 0.189. The molecule has 2 aromatic rings. The monoisotopic (exact) mass is 358 g/mol. The SMILES string of the molecule is Cc1nn(C)c2ncc(NC(=O)NCCCCN3CCC(C)CC3)cc12. The van der Waals surface area contributed by atoms with Gasteiger partial charge in [-0.15, -0.1) is 0 Å². The number of anilines is 1. The molecular formula is C19H30N6O. The summed E-state index contributed by atoms with van der Waals surface area (Å²) in [5, 5.41) is 11.1. The van der Waals surface area contributed by atoms with E-state index in [1.54, 1.807) is 10.9 Å². The standard InChI is InChI=1S/C19H30N6O/c1-14-6-10-25(11-7-14)9-5-4-8-20-19(26)22-16-12-17-15(2)23-24(3)18(17)21-13-16/h12-14H,4-11H2,1-3H3,(H2,20,22,26). The van der Waals surface area contributed by atoms with Crippen LogP contribution in [0, 0.1) is 12.8 Å². The van der Waals surface area contributed by atoms with Crippen molar-refractivity contribution in [2.24, 2.45) is 13.0 Å². The molecule has 3 heterocycles. The number of piperidine rings is 1. The van der Waals surface area contributed by atoms with Gasteiger partial charge in [0.2, 0.25) is 0 Å². The Labute approximate surface area is 155 Å². The minimum absolute atomic E-state index is 0.181. The molecule has 1 saturated heterocycles. The predicted molar refractivity (Wildman–Crippen MR) is 104 cm³/mol. The maximum atomic E-state index is 12.1. The van der Waals surface area contributed by atoms with E-state index in [2.05, 4.69) is 32.5 Å². The Kier molecular flexibility index (Phi) is 6.08. The number of fused-ring (bicyclic) bond motifs is 1. The molecule has 0 atom stereocenters. The van der Waals surface area contributed by atoms with E-state index in [4.69, 9.17) is 0 Å². The summed E-state index contributed by atoms with van der Waals surface area (Å²) in [5.74, 6) is 0.876. The van der Waals surface area contributed by atoms with Crippen LogP contribution >= 0.6 is 0 Å². The summed E-state index contributed by atoms with van der Waals surface area (Å²) in [4.78, 5) is 19.0. The van der Waals surface area contributed by atoms with Crippen molar-refractivity contribution in [1.29, 1.82) is 0 Å². The van der Waals surface area contributed by atoms with E-state index in [-0.39, 0.29) is 6.03 Å². The highest BCUT2D eigenvalue weighted by Crippen LogP contribution is 2.19. The van der Waals surface area contributed by atoms with Gasteiger partial charge >= 0.3 is 6.03 Å². The van der Waals surface area contributed by atoms with E-state index in [1.165, 1.54) is 25.9 Å². The van der Waals surface area contributed by atoms with E-state index >= 15 is 0 Å². The van der Waals surface area contributed by atoms with Gasteiger partial charge in [0, 0.05) is 19.0 Å². The number of amides is 2. The number of hydrogen-bond donors (Lipinski definition) is 2. The lowest BCUT2D eigenvalue weighted by Gasteiger charge is -2.30. The Morgan fingerprint density at radius 2 is 2.08 bits per heavy atom. The number of urea groups is 1. The van der Waals surface area contributed by atoms with Crippen LogP contribution in [0.3, 0.4) is 0 Å². The van der Waals surface area contributed by atoms with Crippen molar-refractivity contribution in [2.75, 3.05) is 31.5 Å². The first-order chi connectivity index (χ1) is 12.5. The fraction of sp³-hybridized carbons (Fsp3) is 0.632. The predicted octanol–water partition coefficient (Wildman–Crippen LogP) is 2.91. The van der Waals surface area contributed by atoms with Gasteiger partial charge in [0.05, 0.1) is 17.6 Å². The van der Waals surface area contributed by atoms with Crippen molar-refractivity contribution < 1.29 is 4.79 Å². The van der Waals surface area contributed by atoms with E-state index in [9.17, 15) is 4.79 Å². The van der Waals surface area contributed by atoms with Crippen molar-refractivity contribution in [2.45, 2.75) is 39.5 Å². The average Bonchev–Trinajstić information content (AvgIpc) is 2.90. The highest BCUT2D eigenvalue weighted by molar-refractivity contribution is 5.91. The van der Waals surface area contributed by atoms with Crippen LogP contribution in [0.2, 0.25) is 0 Å². The lowest BCUT2D eigenvalue weighted by Crippen LogP contribution is -2.34. The molecule has 2 amide bonds. The molecule has 0 bridgehead atoms. The second-order valence-electron chi connectivity index (χ2n) is 7.42. The van der Waals surface area contributed by atoms with Crippen LogP contribution in [0.15, 0.2) is 12.3 Å². The second-order valence-corrected chi connectivity index (χ2v) is 7.42. The Balaban J connectivity index is 1.37. The van der Waals surface area contributed by atoms with E-state index in [0.29, 0.717) is 12.2 Å². The average molecular weight is 358 g/mol. The molecule has 3 rings (SSSR count). The molecule has 0 radical (unpaired) electrons. The number of carbonyl (C=O) groups is 1. The van der Waals surface area contributed by atoms with E-state index < -0.39 is 0 Å². The number of rotatable bonds is 6. The first-order valence-corrected chi connectivity index (χ1v) is 9.59. The van der Waals surface area contributed by atoms with Crippen molar-refractivity contribution in [1.82, 2.24) is 25.0 Å². The van der Waals surface area contributed by atoms with Gasteiger partial charge in [0.25, 0.3) is 0 Å². The molecule has 0 aliphatic carbocycles. The van der Waals surface area contributed by atoms with Gasteiger partial charge in [0.15, 0.2) is 5.65 Å². The molecule has 7 heteroatoms. The van der Waals surface area contributed by atoms with Crippen LogP contribution in [0.5, 0.6) is 0 Å². The molecule has 0 unspecified atom stereocenters. The summed E-state index contributed by atoms with van der Waals surface area (Å²) in [7, 11) is 1.87. The molecule has 0 spiro atoms. The van der Waals surface area contributed by atoms with Gasteiger partial charge in [-0.25, -0.2) is 9.78 Å². The van der Waals surface area contributed by atoms with E-state index in [0.717, 1.165) is 42.0 Å². The van der Waals surface area contributed by atoms with Crippen molar-refractivity contribution >= 4 is 22.8 Å². The number of hydrogen-bond acceptors (Lipinski definition) is 4. The van der Waals surface area contributed by atoms with Crippen LogP contribution in [0.1, 0.15) is 38.3 Å². The number of nitrogens with zero attached hydrogens (tertiary/aromatic N) is 4. The molecule has 7 nitrogen and oxygen atoms in total. The molecule has 26 heavy (non-hydrogen) atoms. The van der Waals surface area contributed by atoms with Crippen LogP contribution in [0.25, 0.3) is 11.0 Å². The van der Waals surface area contributed by atoms with Crippen LogP contribution in [-0.2, 0) is 7.05 Å². The molecule has 2 N–H and O–H groups in total.